The van der Waals surface area contributed by atoms with Crippen molar-refractivity contribution in [1.29, 1.82) is 0 Å². The maximum atomic E-state index is 13.8. The predicted octanol–water partition coefficient (Wildman–Crippen LogP) is 4.41. The van der Waals surface area contributed by atoms with Crippen molar-refractivity contribution in [3.05, 3.63) is 64.7 Å². The molecule has 1 aliphatic rings. The maximum Gasteiger partial charge on any atom is 0.410 e. The first-order chi connectivity index (χ1) is 14.8. The van der Waals surface area contributed by atoms with Crippen LogP contribution in [-0.2, 0) is 27.3 Å². The summed E-state index contributed by atoms with van der Waals surface area (Å²) in [4.78, 5) is 26.4. The van der Waals surface area contributed by atoms with Gasteiger partial charge in [-0.05, 0) is 47.7 Å². The fourth-order valence-electron chi connectivity index (χ4n) is 3.40. The van der Waals surface area contributed by atoms with E-state index < -0.39 is 29.7 Å². The Kier molecular flexibility index (Phi) is 7.09. The number of carbonyl (C=O) groups excluding carboxylic acids is 2. The quantitative estimate of drug-likeness (QED) is 0.632. The third kappa shape index (κ3) is 5.13. The standard InChI is InChI=1S/C23H25F2NO5/c1-14(2)12-31-23(28)26-10-9-15-11-16(7-8-17(15)21(26)22(27)29-3)30-13-18-19(24)5-4-6-20(18)25/h4-8,11,14,21H,9-10,12-13H2,1-3H3. The Morgan fingerprint density at radius 3 is 2.52 bits per heavy atom. The monoisotopic (exact) mass is 433 g/mol. The Labute approximate surface area is 179 Å². The first-order valence-corrected chi connectivity index (χ1v) is 10.0. The number of halogens is 2. The highest BCUT2D eigenvalue weighted by Crippen LogP contribution is 2.34. The van der Waals surface area contributed by atoms with E-state index in [0.29, 0.717) is 17.7 Å². The molecule has 166 valence electrons. The van der Waals surface area contributed by atoms with Gasteiger partial charge in [0.05, 0.1) is 19.3 Å². The molecule has 0 radical (unpaired) electrons. The molecule has 2 aromatic rings. The van der Waals surface area contributed by atoms with Crippen LogP contribution >= 0.6 is 0 Å². The van der Waals surface area contributed by atoms with Gasteiger partial charge < -0.3 is 14.2 Å². The fraction of sp³-hybridized carbons (Fsp3) is 0.391. The highest BCUT2D eigenvalue weighted by molar-refractivity contribution is 5.84. The summed E-state index contributed by atoms with van der Waals surface area (Å²) >= 11 is 0. The molecule has 6 nitrogen and oxygen atoms in total. The summed E-state index contributed by atoms with van der Waals surface area (Å²) in [5.41, 5.74) is 1.23. The summed E-state index contributed by atoms with van der Waals surface area (Å²) in [5.74, 6) is -1.37. The number of amides is 1. The topological polar surface area (TPSA) is 65.1 Å². The number of rotatable bonds is 6. The van der Waals surface area contributed by atoms with Gasteiger partial charge in [-0.15, -0.1) is 0 Å². The van der Waals surface area contributed by atoms with E-state index in [1.54, 1.807) is 18.2 Å². The molecular formula is C23H25F2NO5. The van der Waals surface area contributed by atoms with E-state index in [4.69, 9.17) is 14.2 Å². The zero-order valence-corrected chi connectivity index (χ0v) is 17.7. The zero-order valence-electron chi connectivity index (χ0n) is 17.7. The van der Waals surface area contributed by atoms with Crippen molar-refractivity contribution < 1.29 is 32.6 Å². The lowest BCUT2D eigenvalue weighted by molar-refractivity contribution is -0.147. The molecule has 2 aromatic carbocycles. The van der Waals surface area contributed by atoms with E-state index in [-0.39, 0.29) is 31.2 Å². The molecule has 1 unspecified atom stereocenters. The number of benzene rings is 2. The highest BCUT2D eigenvalue weighted by Gasteiger charge is 2.38. The predicted molar refractivity (Wildman–Crippen MR) is 108 cm³/mol. The summed E-state index contributed by atoms with van der Waals surface area (Å²) in [5, 5.41) is 0. The largest absolute Gasteiger partial charge is 0.489 e. The summed E-state index contributed by atoms with van der Waals surface area (Å²) in [6, 6.07) is 7.65. The molecule has 0 fully saturated rings. The molecule has 0 N–H and O–H groups in total. The Morgan fingerprint density at radius 2 is 1.87 bits per heavy atom. The minimum Gasteiger partial charge on any atom is -0.489 e. The molecule has 8 heteroatoms. The lowest BCUT2D eigenvalue weighted by Crippen LogP contribution is -2.44. The van der Waals surface area contributed by atoms with Gasteiger partial charge in [-0.3, -0.25) is 4.90 Å². The van der Waals surface area contributed by atoms with Crippen LogP contribution in [0.3, 0.4) is 0 Å². The summed E-state index contributed by atoms with van der Waals surface area (Å²) < 4.78 is 43.4. The van der Waals surface area contributed by atoms with Crippen LogP contribution in [0.2, 0.25) is 0 Å². The van der Waals surface area contributed by atoms with Gasteiger partial charge in [0.25, 0.3) is 0 Å². The van der Waals surface area contributed by atoms with Crippen LogP contribution in [0.4, 0.5) is 13.6 Å². The second-order valence-electron chi connectivity index (χ2n) is 7.69. The third-order valence-electron chi connectivity index (χ3n) is 4.99. The molecule has 1 aliphatic heterocycles. The van der Waals surface area contributed by atoms with Gasteiger partial charge in [0, 0.05) is 6.54 Å². The van der Waals surface area contributed by atoms with Gasteiger partial charge in [-0.25, -0.2) is 18.4 Å². The molecule has 0 saturated carbocycles. The van der Waals surface area contributed by atoms with Crippen molar-refractivity contribution in [1.82, 2.24) is 4.90 Å². The van der Waals surface area contributed by atoms with Crippen molar-refractivity contribution in [2.45, 2.75) is 32.9 Å². The SMILES string of the molecule is COC(=O)C1c2ccc(OCc3c(F)cccc3F)cc2CCN1C(=O)OCC(C)C. The van der Waals surface area contributed by atoms with Crippen molar-refractivity contribution in [3.63, 3.8) is 0 Å². The normalized spacial score (nSPS) is 15.4. The average Bonchev–Trinajstić information content (AvgIpc) is 2.75. The zero-order chi connectivity index (χ0) is 22.5. The first-order valence-electron chi connectivity index (χ1n) is 10.0. The van der Waals surface area contributed by atoms with Crippen LogP contribution in [0.1, 0.15) is 36.6 Å². The van der Waals surface area contributed by atoms with Crippen LogP contribution < -0.4 is 4.74 Å². The van der Waals surface area contributed by atoms with Crippen LogP contribution in [-0.4, -0.2) is 37.2 Å². The summed E-state index contributed by atoms with van der Waals surface area (Å²) in [6.07, 6.45) is -0.115. The first kappa shape index (κ1) is 22.5. The number of hydrogen-bond donors (Lipinski definition) is 0. The van der Waals surface area contributed by atoms with Gasteiger partial charge >= 0.3 is 12.1 Å². The van der Waals surface area contributed by atoms with E-state index >= 15 is 0 Å². The van der Waals surface area contributed by atoms with Gasteiger partial charge in [0.15, 0.2) is 6.04 Å². The van der Waals surface area contributed by atoms with E-state index in [1.165, 1.54) is 30.2 Å². The number of methoxy groups -OCH3 is 1. The lowest BCUT2D eigenvalue weighted by atomic mass is 9.92. The number of hydrogen-bond acceptors (Lipinski definition) is 5. The average molecular weight is 433 g/mol. The van der Waals surface area contributed by atoms with Crippen LogP contribution in [0.5, 0.6) is 5.75 Å². The number of ether oxygens (including phenoxy) is 3. The summed E-state index contributed by atoms with van der Waals surface area (Å²) in [6.45, 7) is 4.08. The summed E-state index contributed by atoms with van der Waals surface area (Å²) in [7, 11) is 1.26. The third-order valence-corrected chi connectivity index (χ3v) is 4.99. The minimum absolute atomic E-state index is 0.160. The van der Waals surface area contributed by atoms with Gasteiger partial charge in [-0.2, -0.15) is 0 Å². The molecular weight excluding hydrogens is 408 g/mol. The lowest BCUT2D eigenvalue weighted by Gasteiger charge is -2.35. The number of nitrogens with zero attached hydrogens (tertiary/aromatic N) is 1. The molecule has 1 atom stereocenters. The Morgan fingerprint density at radius 1 is 1.16 bits per heavy atom. The molecule has 0 aromatic heterocycles. The van der Waals surface area contributed by atoms with E-state index in [0.717, 1.165) is 5.56 Å². The highest BCUT2D eigenvalue weighted by atomic mass is 19.1. The molecule has 0 bridgehead atoms. The van der Waals surface area contributed by atoms with Crippen LogP contribution in [0.15, 0.2) is 36.4 Å². The Bertz CT molecular complexity index is 943. The molecule has 3 rings (SSSR count). The van der Waals surface area contributed by atoms with Gasteiger partial charge in [0.2, 0.25) is 0 Å². The van der Waals surface area contributed by atoms with E-state index in [9.17, 15) is 18.4 Å². The van der Waals surface area contributed by atoms with Crippen LogP contribution in [0.25, 0.3) is 0 Å². The Balaban J connectivity index is 1.80. The number of fused-ring (bicyclic) bond motifs is 1. The molecule has 1 heterocycles. The van der Waals surface area contributed by atoms with Gasteiger partial charge in [-0.1, -0.05) is 26.0 Å². The second-order valence-corrected chi connectivity index (χ2v) is 7.69. The van der Waals surface area contributed by atoms with Crippen molar-refractivity contribution >= 4 is 12.1 Å². The molecule has 0 spiro atoms. The Hall–Kier alpha value is -3.16. The second kappa shape index (κ2) is 9.76. The molecule has 1 amide bonds. The minimum atomic E-state index is -0.938. The number of carbonyl (C=O) groups is 2. The van der Waals surface area contributed by atoms with Crippen LogP contribution in [0, 0.1) is 17.6 Å². The van der Waals surface area contributed by atoms with E-state index in [2.05, 4.69) is 0 Å². The smallest absolute Gasteiger partial charge is 0.410 e. The molecule has 0 saturated heterocycles. The maximum absolute atomic E-state index is 13.8. The van der Waals surface area contributed by atoms with Gasteiger partial charge in [0.1, 0.15) is 24.0 Å². The fourth-order valence-corrected chi connectivity index (χ4v) is 3.40. The molecule has 31 heavy (non-hydrogen) atoms. The van der Waals surface area contributed by atoms with Crippen molar-refractivity contribution in [2.24, 2.45) is 5.92 Å². The molecule has 0 aliphatic carbocycles. The van der Waals surface area contributed by atoms with Crippen molar-refractivity contribution in [3.8, 4) is 5.75 Å². The number of esters is 1. The van der Waals surface area contributed by atoms with E-state index in [1.807, 2.05) is 13.8 Å². The van der Waals surface area contributed by atoms with Crippen molar-refractivity contribution in [2.75, 3.05) is 20.3 Å².